The molecule has 0 saturated carbocycles. The van der Waals surface area contributed by atoms with Crippen molar-refractivity contribution in [2.24, 2.45) is 0 Å². The molecule has 0 N–H and O–H groups in total. The Labute approximate surface area is 140 Å². The Bertz CT molecular complexity index is 695. The number of rotatable bonds is 6. The van der Waals surface area contributed by atoms with Gasteiger partial charge in [-0.2, -0.15) is 0 Å². The molecule has 0 fully saturated rings. The van der Waals surface area contributed by atoms with Crippen LogP contribution in [0, 0.1) is 0 Å². The van der Waals surface area contributed by atoms with Crippen LogP contribution in [0.15, 0.2) is 66.9 Å². The van der Waals surface area contributed by atoms with Crippen molar-refractivity contribution in [2.75, 3.05) is 14.2 Å². The van der Waals surface area contributed by atoms with Crippen molar-refractivity contribution in [2.45, 2.75) is 13.1 Å². The molecule has 2 aromatic rings. The Kier molecular flexibility index (Phi) is 5.11. The molecule has 0 saturated heterocycles. The first-order valence-corrected chi connectivity index (χ1v) is 10.6. The maximum absolute atomic E-state index is 5.59. The lowest BCUT2D eigenvalue weighted by Gasteiger charge is -2.30. The number of methoxy groups -OCH3 is 2. The lowest BCUT2D eigenvalue weighted by atomic mass is 10.1. The summed E-state index contributed by atoms with van der Waals surface area (Å²) in [6.45, 7) is 13.2. The smallest absolute Gasteiger partial charge is 0.122 e. The summed E-state index contributed by atoms with van der Waals surface area (Å²) in [5, 5.41) is 2.19. The molecule has 2 aromatic carbocycles. The van der Waals surface area contributed by atoms with Gasteiger partial charge in [-0.1, -0.05) is 67.8 Å². The van der Waals surface area contributed by atoms with E-state index in [1.165, 1.54) is 0 Å². The summed E-state index contributed by atoms with van der Waals surface area (Å²) in [7, 11) is 1.28. The lowest BCUT2D eigenvalue weighted by molar-refractivity contribution is 0.400. The van der Waals surface area contributed by atoms with Gasteiger partial charge in [0.1, 0.15) is 19.6 Å². The third kappa shape index (κ3) is 3.25. The van der Waals surface area contributed by atoms with E-state index in [-0.39, 0.29) is 0 Å². The van der Waals surface area contributed by atoms with Crippen LogP contribution in [0.4, 0.5) is 0 Å². The van der Waals surface area contributed by atoms with E-state index in [0.29, 0.717) is 0 Å². The monoisotopic (exact) mass is 324 g/mol. The molecule has 0 aromatic heterocycles. The van der Waals surface area contributed by atoms with Gasteiger partial charge in [-0.15, -0.1) is 0 Å². The van der Waals surface area contributed by atoms with Crippen LogP contribution in [-0.2, 0) is 0 Å². The normalized spacial score (nSPS) is 11.0. The van der Waals surface area contributed by atoms with Crippen molar-refractivity contribution in [3.63, 3.8) is 0 Å². The quantitative estimate of drug-likeness (QED) is 0.578. The molecule has 0 aliphatic heterocycles. The summed E-state index contributed by atoms with van der Waals surface area (Å²) in [4.78, 5) is 0. The highest BCUT2D eigenvalue weighted by atomic mass is 28.3. The minimum atomic E-state index is -2.10. The fourth-order valence-corrected chi connectivity index (χ4v) is 5.61. The van der Waals surface area contributed by atoms with E-state index in [1.54, 1.807) is 14.2 Å². The molecule has 3 heteroatoms. The molecule has 0 heterocycles. The Morgan fingerprint density at radius 3 is 1.83 bits per heavy atom. The van der Waals surface area contributed by atoms with E-state index in [1.807, 2.05) is 36.4 Å². The van der Waals surface area contributed by atoms with Crippen LogP contribution < -0.4 is 14.7 Å². The maximum atomic E-state index is 5.59. The second kappa shape index (κ2) is 6.88. The van der Waals surface area contributed by atoms with Crippen molar-refractivity contribution >= 4 is 18.8 Å². The van der Waals surface area contributed by atoms with Crippen molar-refractivity contribution in [3.8, 4) is 11.5 Å². The third-order valence-corrected chi connectivity index (χ3v) is 7.85. The zero-order valence-corrected chi connectivity index (χ0v) is 15.3. The molecule has 0 unspecified atom stereocenters. The molecule has 0 atom stereocenters. The van der Waals surface area contributed by atoms with Crippen molar-refractivity contribution in [1.29, 1.82) is 0 Å². The van der Waals surface area contributed by atoms with Crippen molar-refractivity contribution in [3.05, 3.63) is 72.4 Å². The molecule has 2 rings (SSSR count). The molecule has 0 aliphatic carbocycles. The highest BCUT2D eigenvalue weighted by molar-refractivity contribution is 6.98. The van der Waals surface area contributed by atoms with Gasteiger partial charge in [0.25, 0.3) is 0 Å². The predicted molar refractivity (Wildman–Crippen MR) is 101 cm³/mol. The summed E-state index contributed by atoms with van der Waals surface area (Å²) < 4.78 is 11.2. The first kappa shape index (κ1) is 17.1. The largest absolute Gasteiger partial charge is 0.497 e. The second-order valence-electron chi connectivity index (χ2n) is 5.99. The average molecular weight is 324 g/mol. The van der Waals surface area contributed by atoms with Crippen LogP contribution in [0.25, 0.3) is 5.57 Å². The van der Waals surface area contributed by atoms with E-state index < -0.39 is 8.07 Å². The van der Waals surface area contributed by atoms with Gasteiger partial charge in [-0.3, -0.25) is 0 Å². The Morgan fingerprint density at radius 1 is 0.826 bits per heavy atom. The van der Waals surface area contributed by atoms with Gasteiger partial charge in [0.2, 0.25) is 0 Å². The number of allylic oxidation sites excluding steroid dienone is 2. The van der Waals surface area contributed by atoms with Gasteiger partial charge < -0.3 is 9.47 Å². The molecule has 0 amide bonds. The molecule has 120 valence electrons. The van der Waals surface area contributed by atoms with E-state index >= 15 is 0 Å². The average Bonchev–Trinajstić information content (AvgIpc) is 2.60. The molecule has 23 heavy (non-hydrogen) atoms. The minimum Gasteiger partial charge on any atom is -0.497 e. The summed E-state index contributed by atoms with van der Waals surface area (Å²) in [6.07, 6.45) is 0. The standard InChI is InChI=1S/C20H24O2Si/c1-15(17-11-8-7-9-12-17)16(2)23(5,6)20-18(21-3)13-10-14-19(20)22-4/h7-14H,1-2H2,3-6H3. The number of benzene rings is 2. The van der Waals surface area contributed by atoms with Crippen LogP contribution >= 0.6 is 0 Å². The number of ether oxygens (including phenoxy) is 2. The van der Waals surface area contributed by atoms with Gasteiger partial charge in [-0.25, -0.2) is 0 Å². The molecule has 0 radical (unpaired) electrons. The van der Waals surface area contributed by atoms with E-state index in [4.69, 9.17) is 9.47 Å². The van der Waals surface area contributed by atoms with Crippen LogP contribution in [-0.4, -0.2) is 22.3 Å². The minimum absolute atomic E-state index is 0.850. The lowest BCUT2D eigenvalue weighted by Crippen LogP contribution is -2.45. The zero-order valence-electron chi connectivity index (χ0n) is 14.3. The summed E-state index contributed by atoms with van der Waals surface area (Å²) >= 11 is 0. The van der Waals surface area contributed by atoms with Gasteiger partial charge in [0, 0.05) is 5.19 Å². The fraction of sp³-hybridized carbons (Fsp3) is 0.200. The summed E-state index contributed by atoms with van der Waals surface area (Å²) in [5.74, 6) is 1.70. The van der Waals surface area contributed by atoms with E-state index in [0.717, 1.165) is 33.0 Å². The topological polar surface area (TPSA) is 18.5 Å². The van der Waals surface area contributed by atoms with Gasteiger partial charge in [0.15, 0.2) is 0 Å². The number of hydrogen-bond acceptors (Lipinski definition) is 2. The van der Waals surface area contributed by atoms with Crippen LogP contribution in [0.3, 0.4) is 0 Å². The third-order valence-electron chi connectivity index (χ3n) is 4.29. The molecule has 2 nitrogen and oxygen atoms in total. The SMILES string of the molecule is C=C(C(=C)[Si](C)(C)c1c(OC)cccc1OC)c1ccccc1. The van der Waals surface area contributed by atoms with Crippen molar-refractivity contribution < 1.29 is 9.47 Å². The van der Waals surface area contributed by atoms with Crippen LogP contribution in [0.1, 0.15) is 5.56 Å². The van der Waals surface area contributed by atoms with Gasteiger partial charge >= 0.3 is 0 Å². The zero-order chi connectivity index (χ0) is 17.0. The van der Waals surface area contributed by atoms with E-state index in [9.17, 15) is 0 Å². The van der Waals surface area contributed by atoms with Gasteiger partial charge in [0.05, 0.1) is 14.2 Å². The number of hydrogen-bond donors (Lipinski definition) is 0. The van der Waals surface area contributed by atoms with Crippen LogP contribution in [0.5, 0.6) is 11.5 Å². The van der Waals surface area contributed by atoms with E-state index in [2.05, 4.69) is 38.4 Å². The fourth-order valence-electron chi connectivity index (χ4n) is 2.81. The molecular weight excluding hydrogens is 300 g/mol. The van der Waals surface area contributed by atoms with Crippen LogP contribution in [0.2, 0.25) is 13.1 Å². The molecule has 0 bridgehead atoms. The highest BCUT2D eigenvalue weighted by Gasteiger charge is 2.34. The van der Waals surface area contributed by atoms with Crippen molar-refractivity contribution in [1.82, 2.24) is 0 Å². The first-order chi connectivity index (χ1) is 10.9. The Morgan fingerprint density at radius 2 is 1.35 bits per heavy atom. The Hall–Kier alpha value is -2.26. The molecule has 0 aliphatic rings. The second-order valence-corrected chi connectivity index (χ2v) is 10.3. The molecule has 0 spiro atoms. The summed E-state index contributed by atoms with van der Waals surface area (Å²) in [6, 6.07) is 16.1. The first-order valence-electron chi connectivity index (χ1n) is 7.59. The Balaban J connectivity index is 2.50. The van der Waals surface area contributed by atoms with Gasteiger partial charge in [-0.05, 0) is 23.3 Å². The molecular formula is C20H24O2Si. The predicted octanol–water partition coefficient (Wildman–Crippen LogP) is 4.43. The highest BCUT2D eigenvalue weighted by Crippen LogP contribution is 2.32. The summed E-state index contributed by atoms with van der Waals surface area (Å²) in [5.41, 5.74) is 2.09. The maximum Gasteiger partial charge on any atom is 0.122 e.